The zero-order valence-corrected chi connectivity index (χ0v) is 9.71. The molecular weight excluding hydrogens is 230 g/mol. The van der Waals surface area contributed by atoms with Crippen molar-refractivity contribution in [2.75, 3.05) is 13.2 Å². The van der Waals surface area contributed by atoms with Crippen molar-refractivity contribution in [2.45, 2.75) is 32.6 Å². The van der Waals surface area contributed by atoms with E-state index in [1.165, 1.54) is 18.7 Å². The Morgan fingerprint density at radius 2 is 1.94 bits per heavy atom. The van der Waals surface area contributed by atoms with Gasteiger partial charge in [-0.25, -0.2) is 0 Å². The maximum Gasteiger partial charge on any atom is 0.304 e. The number of carbonyl (C=O) groups excluding carboxylic acids is 3. The van der Waals surface area contributed by atoms with E-state index in [0.29, 0.717) is 0 Å². The molecule has 0 unspecified atom stereocenters. The van der Waals surface area contributed by atoms with Crippen molar-refractivity contribution in [2.24, 2.45) is 0 Å². The van der Waals surface area contributed by atoms with Crippen LogP contribution >= 0.6 is 0 Å². The fraction of sp³-hybridized carbons (Fsp3) is 0.700. The average Bonchev–Trinajstić information content (AvgIpc) is 2.45. The first kappa shape index (κ1) is 13.4. The van der Waals surface area contributed by atoms with Crippen LogP contribution in [-0.4, -0.2) is 53.3 Å². The second-order valence-corrected chi connectivity index (χ2v) is 3.66. The minimum absolute atomic E-state index is 0.0363. The number of aliphatic hydroxyl groups excluding tert-OH is 1. The van der Waals surface area contributed by atoms with Crippen molar-refractivity contribution in [3.63, 3.8) is 0 Å². The molecule has 1 N–H and O–H groups in total. The number of nitrogens with zero attached hydrogens (tertiary/aromatic N) is 1. The summed E-state index contributed by atoms with van der Waals surface area (Å²) >= 11 is 0. The monoisotopic (exact) mass is 245 g/mol. The van der Waals surface area contributed by atoms with Gasteiger partial charge in [-0.05, 0) is 0 Å². The molecular formula is C10H15NO6. The van der Waals surface area contributed by atoms with Crippen LogP contribution in [-0.2, 0) is 23.9 Å². The van der Waals surface area contributed by atoms with Crippen LogP contribution in [0.15, 0.2) is 0 Å². The van der Waals surface area contributed by atoms with Crippen LogP contribution in [0, 0.1) is 0 Å². The van der Waals surface area contributed by atoms with E-state index in [9.17, 15) is 14.4 Å². The van der Waals surface area contributed by atoms with Crippen molar-refractivity contribution in [1.29, 1.82) is 0 Å². The van der Waals surface area contributed by atoms with Crippen molar-refractivity contribution in [3.05, 3.63) is 0 Å². The second kappa shape index (κ2) is 5.62. The molecule has 7 nitrogen and oxygen atoms in total. The Morgan fingerprint density at radius 3 is 2.41 bits per heavy atom. The van der Waals surface area contributed by atoms with Gasteiger partial charge in [0.1, 0.15) is 0 Å². The van der Waals surface area contributed by atoms with Crippen molar-refractivity contribution in [3.8, 4) is 0 Å². The number of esters is 2. The Labute approximate surface area is 98.3 Å². The lowest BCUT2D eigenvalue weighted by atomic mass is 10.3. The van der Waals surface area contributed by atoms with Crippen LogP contribution in [0.3, 0.4) is 0 Å². The van der Waals surface area contributed by atoms with E-state index in [1.54, 1.807) is 0 Å². The van der Waals surface area contributed by atoms with E-state index in [4.69, 9.17) is 14.6 Å². The molecule has 0 aliphatic carbocycles. The van der Waals surface area contributed by atoms with Crippen LogP contribution in [0.4, 0.5) is 0 Å². The molecule has 0 radical (unpaired) electrons. The van der Waals surface area contributed by atoms with Crippen molar-refractivity contribution in [1.82, 2.24) is 4.90 Å². The first-order valence-electron chi connectivity index (χ1n) is 5.20. The fourth-order valence-electron chi connectivity index (χ4n) is 1.72. The molecule has 1 heterocycles. The Bertz CT molecular complexity index is 329. The molecule has 0 aromatic rings. The molecule has 1 fully saturated rings. The molecule has 2 atom stereocenters. The van der Waals surface area contributed by atoms with E-state index in [0.717, 1.165) is 0 Å². The highest BCUT2D eigenvalue weighted by atomic mass is 16.6. The molecule has 1 aliphatic heterocycles. The summed E-state index contributed by atoms with van der Waals surface area (Å²) in [4.78, 5) is 34.6. The smallest absolute Gasteiger partial charge is 0.304 e. The predicted molar refractivity (Wildman–Crippen MR) is 54.5 cm³/mol. The summed E-state index contributed by atoms with van der Waals surface area (Å²) in [5.74, 6) is -1.45. The Hall–Kier alpha value is -1.63. The summed E-state index contributed by atoms with van der Waals surface area (Å²) < 4.78 is 9.85. The van der Waals surface area contributed by atoms with Crippen LogP contribution in [0.2, 0.25) is 0 Å². The lowest BCUT2D eigenvalue weighted by molar-refractivity contribution is -0.174. The van der Waals surface area contributed by atoms with E-state index >= 15 is 0 Å². The van der Waals surface area contributed by atoms with Crippen LogP contribution in [0.1, 0.15) is 20.3 Å². The Balaban J connectivity index is 2.79. The van der Waals surface area contributed by atoms with Gasteiger partial charge >= 0.3 is 11.9 Å². The van der Waals surface area contributed by atoms with Gasteiger partial charge in [0, 0.05) is 20.4 Å². The summed E-state index contributed by atoms with van der Waals surface area (Å²) in [6.07, 6.45) is -1.80. The van der Waals surface area contributed by atoms with E-state index < -0.39 is 24.3 Å². The molecule has 96 valence electrons. The van der Waals surface area contributed by atoms with E-state index in [1.807, 2.05) is 0 Å². The number of amides is 1. The molecule has 7 heteroatoms. The molecule has 17 heavy (non-hydrogen) atoms. The van der Waals surface area contributed by atoms with Crippen LogP contribution in [0.5, 0.6) is 0 Å². The topological polar surface area (TPSA) is 93.1 Å². The molecule has 1 rings (SSSR count). The predicted octanol–water partition coefficient (Wildman–Crippen LogP) is -0.968. The first-order valence-corrected chi connectivity index (χ1v) is 5.20. The lowest BCUT2D eigenvalue weighted by Gasteiger charge is -2.26. The summed E-state index contributed by atoms with van der Waals surface area (Å²) in [6, 6.07) is 0. The summed E-state index contributed by atoms with van der Waals surface area (Å²) in [6.45, 7) is 2.19. The SMILES string of the molecule is CC(=O)O[C@H]1CC(=O)N(CCO)[C@@H]1OC(C)=O. The standard InChI is InChI=1S/C10H15NO6/c1-6(13)16-8-5-9(15)11(3-4-12)10(8)17-7(2)14/h8,10,12H,3-5H2,1-2H3/t8-,10+/m0/s1. The van der Waals surface area contributed by atoms with Gasteiger partial charge in [0.25, 0.3) is 0 Å². The normalized spacial score (nSPS) is 23.7. The minimum Gasteiger partial charge on any atom is -0.456 e. The highest BCUT2D eigenvalue weighted by Gasteiger charge is 2.43. The fourth-order valence-corrected chi connectivity index (χ4v) is 1.72. The highest BCUT2D eigenvalue weighted by Crippen LogP contribution is 2.23. The lowest BCUT2D eigenvalue weighted by Crippen LogP contribution is -2.42. The molecule has 1 saturated heterocycles. The van der Waals surface area contributed by atoms with Gasteiger partial charge in [-0.15, -0.1) is 0 Å². The molecule has 0 aromatic heterocycles. The van der Waals surface area contributed by atoms with Crippen LogP contribution in [0.25, 0.3) is 0 Å². The number of aliphatic hydroxyl groups is 1. The third-order valence-electron chi connectivity index (χ3n) is 2.27. The number of ether oxygens (including phenoxy) is 2. The maximum absolute atomic E-state index is 11.6. The molecule has 0 aromatic carbocycles. The van der Waals surface area contributed by atoms with Gasteiger partial charge in [-0.1, -0.05) is 0 Å². The molecule has 0 saturated carbocycles. The number of carbonyl (C=O) groups is 3. The second-order valence-electron chi connectivity index (χ2n) is 3.66. The Kier molecular flexibility index (Phi) is 4.45. The number of hydrogen-bond donors (Lipinski definition) is 1. The quantitative estimate of drug-likeness (QED) is 0.641. The number of likely N-dealkylation sites (tertiary alicyclic amines) is 1. The average molecular weight is 245 g/mol. The zero-order chi connectivity index (χ0) is 13.0. The molecule has 0 spiro atoms. The summed E-state index contributed by atoms with van der Waals surface area (Å²) in [5.41, 5.74) is 0. The third-order valence-corrected chi connectivity index (χ3v) is 2.27. The van der Waals surface area contributed by atoms with Crippen LogP contribution < -0.4 is 0 Å². The third kappa shape index (κ3) is 3.42. The zero-order valence-electron chi connectivity index (χ0n) is 9.71. The molecule has 1 amide bonds. The van der Waals surface area contributed by atoms with Gasteiger partial charge in [0.15, 0.2) is 6.10 Å². The maximum atomic E-state index is 11.6. The first-order chi connectivity index (χ1) is 7.95. The van der Waals surface area contributed by atoms with E-state index in [2.05, 4.69) is 0 Å². The molecule has 0 bridgehead atoms. The van der Waals surface area contributed by atoms with Gasteiger partial charge < -0.3 is 19.5 Å². The largest absolute Gasteiger partial charge is 0.456 e. The van der Waals surface area contributed by atoms with Gasteiger partial charge in [0.2, 0.25) is 12.1 Å². The van der Waals surface area contributed by atoms with Crippen molar-refractivity contribution < 1.29 is 29.0 Å². The number of rotatable bonds is 4. The van der Waals surface area contributed by atoms with Gasteiger partial charge in [-0.3, -0.25) is 14.4 Å². The van der Waals surface area contributed by atoms with Crippen molar-refractivity contribution >= 4 is 17.8 Å². The Morgan fingerprint density at radius 1 is 1.35 bits per heavy atom. The minimum atomic E-state index is -0.948. The number of hydrogen-bond acceptors (Lipinski definition) is 6. The summed E-state index contributed by atoms with van der Waals surface area (Å²) in [5, 5.41) is 8.82. The highest BCUT2D eigenvalue weighted by molar-refractivity contribution is 5.81. The summed E-state index contributed by atoms with van der Waals surface area (Å²) in [7, 11) is 0. The number of β-amino-alcohol motifs (C(OH)–C–C–N with tert-alkyl or cyclic N) is 1. The van der Waals surface area contributed by atoms with Gasteiger partial charge in [0.05, 0.1) is 13.0 Å². The van der Waals surface area contributed by atoms with E-state index in [-0.39, 0.29) is 25.5 Å². The molecule has 1 aliphatic rings. The van der Waals surface area contributed by atoms with Gasteiger partial charge in [-0.2, -0.15) is 0 Å².